The van der Waals surface area contributed by atoms with Gasteiger partial charge >= 0.3 is 0 Å². The van der Waals surface area contributed by atoms with Gasteiger partial charge in [-0.1, -0.05) is 0 Å². The molecule has 0 saturated carbocycles. The molecule has 0 N–H and O–H groups in total. The first kappa shape index (κ1) is 14.9. The summed E-state index contributed by atoms with van der Waals surface area (Å²) in [6.45, 7) is 5.39. The van der Waals surface area contributed by atoms with Gasteiger partial charge in [0.1, 0.15) is 23.8 Å². The lowest BCUT2D eigenvalue weighted by molar-refractivity contribution is 0.185. The lowest BCUT2D eigenvalue weighted by Crippen LogP contribution is -2.34. The first-order valence-corrected chi connectivity index (χ1v) is 7.69. The van der Waals surface area contributed by atoms with E-state index in [1.807, 2.05) is 19.2 Å². The molecule has 0 radical (unpaired) electrons. The lowest BCUT2D eigenvalue weighted by Gasteiger charge is -2.32. The topological polar surface area (TPSA) is 69.0 Å². The summed E-state index contributed by atoms with van der Waals surface area (Å²) in [6.07, 6.45) is 5.75. The number of hydrogen-bond acceptors (Lipinski definition) is 6. The summed E-state index contributed by atoms with van der Waals surface area (Å²) in [6, 6.07) is 1.98. The fraction of sp³-hybridized carbons (Fsp3) is 0.600. The smallest absolute Gasteiger partial charge is 0.136 e. The third kappa shape index (κ3) is 3.24. The van der Waals surface area contributed by atoms with Gasteiger partial charge in [-0.3, -0.25) is 0 Å². The van der Waals surface area contributed by atoms with Gasteiger partial charge in [0.15, 0.2) is 0 Å². The van der Waals surface area contributed by atoms with E-state index in [4.69, 9.17) is 4.74 Å². The Morgan fingerprint density at radius 2 is 2.14 bits per heavy atom. The Balaban J connectivity index is 1.63. The average Bonchev–Trinajstić information content (AvgIpc) is 3.01. The second-order valence-electron chi connectivity index (χ2n) is 5.60. The molecule has 3 rings (SSSR count). The molecule has 7 heteroatoms. The second-order valence-corrected chi connectivity index (χ2v) is 5.60. The molecule has 2 aromatic heterocycles. The zero-order valence-electron chi connectivity index (χ0n) is 13.1. The Morgan fingerprint density at radius 3 is 2.86 bits per heavy atom. The van der Waals surface area contributed by atoms with Gasteiger partial charge in [-0.2, -0.15) is 0 Å². The van der Waals surface area contributed by atoms with E-state index >= 15 is 0 Å². The van der Waals surface area contributed by atoms with Crippen molar-refractivity contribution < 1.29 is 4.74 Å². The number of anilines is 1. The number of nitrogens with zero attached hydrogens (tertiary/aromatic N) is 6. The van der Waals surface area contributed by atoms with Crippen LogP contribution >= 0.6 is 0 Å². The van der Waals surface area contributed by atoms with E-state index in [1.165, 1.54) is 0 Å². The molecule has 22 heavy (non-hydrogen) atoms. The minimum absolute atomic E-state index is 0.457. The summed E-state index contributed by atoms with van der Waals surface area (Å²) >= 11 is 0. The summed E-state index contributed by atoms with van der Waals surface area (Å²) < 4.78 is 7.25. The van der Waals surface area contributed by atoms with Crippen molar-refractivity contribution in [1.82, 2.24) is 24.7 Å². The second kappa shape index (κ2) is 6.83. The minimum Gasteiger partial charge on any atom is -0.383 e. The van der Waals surface area contributed by atoms with Crippen LogP contribution in [-0.4, -0.2) is 51.5 Å². The molecule has 1 saturated heterocycles. The molecule has 2 aromatic rings. The van der Waals surface area contributed by atoms with E-state index in [2.05, 4.69) is 29.6 Å². The first-order valence-electron chi connectivity index (χ1n) is 7.69. The Labute approximate surface area is 130 Å². The van der Waals surface area contributed by atoms with E-state index in [-0.39, 0.29) is 0 Å². The molecule has 0 aliphatic carbocycles. The highest BCUT2D eigenvalue weighted by Crippen LogP contribution is 2.28. The Kier molecular flexibility index (Phi) is 4.62. The number of methoxy groups -OCH3 is 1. The molecule has 0 spiro atoms. The molecule has 0 bridgehead atoms. The fourth-order valence-electron chi connectivity index (χ4n) is 2.93. The zero-order valence-corrected chi connectivity index (χ0v) is 13.1. The molecule has 1 fully saturated rings. The quantitative estimate of drug-likeness (QED) is 0.832. The van der Waals surface area contributed by atoms with Gasteiger partial charge in [0, 0.05) is 38.9 Å². The molecule has 7 nitrogen and oxygen atoms in total. The molecule has 0 aromatic carbocycles. The number of hydrogen-bond donors (Lipinski definition) is 0. The van der Waals surface area contributed by atoms with E-state index in [0.717, 1.165) is 49.9 Å². The molecule has 1 aliphatic heterocycles. The number of rotatable bonds is 5. The molecular weight excluding hydrogens is 280 g/mol. The van der Waals surface area contributed by atoms with E-state index < -0.39 is 0 Å². The monoisotopic (exact) mass is 302 g/mol. The number of aryl methyl sites for hydroxylation is 1. The van der Waals surface area contributed by atoms with Crippen molar-refractivity contribution in [3.8, 4) is 0 Å². The van der Waals surface area contributed by atoms with Gasteiger partial charge < -0.3 is 14.2 Å². The van der Waals surface area contributed by atoms with Crippen molar-refractivity contribution in [3.05, 3.63) is 30.2 Å². The predicted molar refractivity (Wildman–Crippen MR) is 82.9 cm³/mol. The highest BCUT2D eigenvalue weighted by atomic mass is 16.5. The maximum Gasteiger partial charge on any atom is 0.136 e. The van der Waals surface area contributed by atoms with Crippen molar-refractivity contribution in [1.29, 1.82) is 0 Å². The highest BCUT2D eigenvalue weighted by Gasteiger charge is 2.25. The average molecular weight is 302 g/mol. The number of ether oxygens (including phenoxy) is 1. The largest absolute Gasteiger partial charge is 0.383 e. The van der Waals surface area contributed by atoms with Gasteiger partial charge in [-0.05, 0) is 25.8 Å². The molecule has 0 atom stereocenters. The third-order valence-corrected chi connectivity index (χ3v) is 4.13. The van der Waals surface area contributed by atoms with Gasteiger partial charge in [-0.25, -0.2) is 9.97 Å². The van der Waals surface area contributed by atoms with E-state index in [1.54, 1.807) is 13.4 Å². The van der Waals surface area contributed by atoms with Crippen molar-refractivity contribution in [2.75, 3.05) is 31.7 Å². The van der Waals surface area contributed by atoms with Crippen LogP contribution in [0.25, 0.3) is 0 Å². The first-order chi connectivity index (χ1) is 10.8. The van der Waals surface area contributed by atoms with Gasteiger partial charge in [0.05, 0.1) is 6.61 Å². The van der Waals surface area contributed by atoms with Gasteiger partial charge in [0.25, 0.3) is 0 Å². The van der Waals surface area contributed by atoms with Crippen molar-refractivity contribution in [2.24, 2.45) is 0 Å². The lowest BCUT2D eigenvalue weighted by atomic mass is 9.96. The maximum atomic E-state index is 5.14. The fourth-order valence-corrected chi connectivity index (χ4v) is 2.93. The minimum atomic E-state index is 0.457. The van der Waals surface area contributed by atoms with E-state index in [9.17, 15) is 0 Å². The molecule has 118 valence electrons. The molecule has 3 heterocycles. The maximum absolute atomic E-state index is 5.14. The summed E-state index contributed by atoms with van der Waals surface area (Å²) in [5.74, 6) is 3.37. The highest BCUT2D eigenvalue weighted by molar-refractivity contribution is 5.38. The zero-order chi connectivity index (χ0) is 15.4. The van der Waals surface area contributed by atoms with Crippen LogP contribution in [-0.2, 0) is 11.3 Å². The number of aromatic nitrogens is 5. The number of piperidine rings is 1. The van der Waals surface area contributed by atoms with Crippen LogP contribution in [0.1, 0.15) is 30.4 Å². The Hall–Kier alpha value is -2.02. The predicted octanol–water partition coefficient (Wildman–Crippen LogP) is 1.41. The van der Waals surface area contributed by atoms with Crippen LogP contribution in [0, 0.1) is 6.92 Å². The van der Waals surface area contributed by atoms with Crippen LogP contribution in [0.15, 0.2) is 18.6 Å². The van der Waals surface area contributed by atoms with Crippen molar-refractivity contribution in [2.45, 2.75) is 32.2 Å². The van der Waals surface area contributed by atoms with Crippen LogP contribution in [0.3, 0.4) is 0 Å². The summed E-state index contributed by atoms with van der Waals surface area (Å²) in [5.41, 5.74) is 0. The third-order valence-electron chi connectivity index (χ3n) is 4.13. The summed E-state index contributed by atoms with van der Waals surface area (Å²) in [5, 5.41) is 8.38. The van der Waals surface area contributed by atoms with E-state index in [0.29, 0.717) is 12.5 Å². The van der Waals surface area contributed by atoms with Crippen molar-refractivity contribution in [3.63, 3.8) is 0 Å². The molecule has 0 amide bonds. The summed E-state index contributed by atoms with van der Waals surface area (Å²) in [7, 11) is 1.71. The SMILES string of the molecule is COCCn1cnnc1C1CCN(c2ccnc(C)n2)CC1. The summed E-state index contributed by atoms with van der Waals surface area (Å²) in [4.78, 5) is 11.0. The molecule has 0 unspecified atom stereocenters. The van der Waals surface area contributed by atoms with Crippen molar-refractivity contribution >= 4 is 5.82 Å². The Bertz CT molecular complexity index is 606. The van der Waals surface area contributed by atoms with Crippen LogP contribution in [0.5, 0.6) is 0 Å². The van der Waals surface area contributed by atoms with Crippen LogP contribution in [0.4, 0.5) is 5.82 Å². The van der Waals surface area contributed by atoms with Crippen LogP contribution in [0.2, 0.25) is 0 Å². The normalized spacial score (nSPS) is 16.2. The van der Waals surface area contributed by atoms with Gasteiger partial charge in [-0.15, -0.1) is 10.2 Å². The Morgan fingerprint density at radius 1 is 1.32 bits per heavy atom. The molecular formula is C15H22N6O. The standard InChI is InChI=1S/C15H22N6O/c1-12-16-6-3-14(18-12)20-7-4-13(5-8-20)15-19-17-11-21(15)9-10-22-2/h3,6,11,13H,4-5,7-10H2,1-2H3. The van der Waals surface area contributed by atoms with Gasteiger partial charge in [0.2, 0.25) is 0 Å². The van der Waals surface area contributed by atoms with Crippen LogP contribution < -0.4 is 4.90 Å². The molecule has 1 aliphatic rings.